The van der Waals surface area contributed by atoms with E-state index < -0.39 is 5.82 Å². The van der Waals surface area contributed by atoms with E-state index >= 15 is 0 Å². The zero-order chi connectivity index (χ0) is 12.8. The molecule has 0 spiro atoms. The predicted octanol–water partition coefficient (Wildman–Crippen LogP) is 5.43. The lowest BCUT2D eigenvalue weighted by atomic mass is 10.1. The maximum absolute atomic E-state index is 13.3. The van der Waals surface area contributed by atoms with Gasteiger partial charge in [0.2, 0.25) is 0 Å². The molecule has 0 N–H and O–H groups in total. The maximum Gasteiger partial charge on any atom is 0.145 e. The van der Waals surface area contributed by atoms with Gasteiger partial charge in [0.15, 0.2) is 0 Å². The summed E-state index contributed by atoms with van der Waals surface area (Å²) in [7, 11) is 0. The highest BCUT2D eigenvalue weighted by Crippen LogP contribution is 2.31. The van der Waals surface area contributed by atoms with Crippen LogP contribution in [-0.4, -0.2) is 11.9 Å². The fourth-order valence-corrected chi connectivity index (χ4v) is 2.70. The molecule has 1 unspecified atom stereocenters. The molecule has 0 bridgehead atoms. The summed E-state index contributed by atoms with van der Waals surface area (Å²) in [5.74, 6) is 0.468. The van der Waals surface area contributed by atoms with Crippen molar-refractivity contribution in [2.75, 3.05) is 11.9 Å². The zero-order valence-electron chi connectivity index (χ0n) is 9.48. The van der Waals surface area contributed by atoms with Gasteiger partial charge < -0.3 is 4.74 Å². The second-order valence-corrected chi connectivity index (χ2v) is 5.73. The van der Waals surface area contributed by atoms with Gasteiger partial charge in [0.1, 0.15) is 11.6 Å². The summed E-state index contributed by atoms with van der Waals surface area (Å²) < 4.78 is 19.5. The molecule has 1 aromatic carbocycles. The van der Waals surface area contributed by atoms with Gasteiger partial charge in [-0.3, -0.25) is 0 Å². The maximum atomic E-state index is 13.3. The number of alkyl halides is 1. The molecule has 0 amide bonds. The van der Waals surface area contributed by atoms with E-state index in [1.807, 2.05) is 0 Å². The van der Waals surface area contributed by atoms with Gasteiger partial charge in [0.05, 0.1) is 16.1 Å². The van der Waals surface area contributed by atoms with Crippen molar-refractivity contribution in [2.24, 2.45) is 5.92 Å². The monoisotopic (exact) mass is 386 g/mol. The Morgan fingerprint density at radius 1 is 1.47 bits per heavy atom. The molecular formula is C12H14Br2ClFO. The molecule has 0 saturated carbocycles. The molecular weight excluding hydrogens is 374 g/mol. The highest BCUT2D eigenvalue weighted by molar-refractivity contribution is 9.10. The van der Waals surface area contributed by atoms with E-state index in [1.165, 1.54) is 12.1 Å². The summed E-state index contributed by atoms with van der Waals surface area (Å²) in [5, 5.41) is 0.976. The van der Waals surface area contributed by atoms with Crippen LogP contribution < -0.4 is 4.74 Å². The lowest BCUT2D eigenvalue weighted by molar-refractivity contribution is 0.253. The number of rotatable bonds is 6. The number of hydrogen-bond donors (Lipinski definition) is 0. The van der Waals surface area contributed by atoms with E-state index in [1.54, 1.807) is 0 Å². The third kappa shape index (κ3) is 4.76. The molecule has 0 fully saturated rings. The van der Waals surface area contributed by atoms with Crippen LogP contribution in [0.2, 0.25) is 5.02 Å². The number of benzene rings is 1. The Morgan fingerprint density at radius 2 is 2.18 bits per heavy atom. The van der Waals surface area contributed by atoms with E-state index in [4.69, 9.17) is 16.3 Å². The Kier molecular flexibility index (Phi) is 6.82. The minimum Gasteiger partial charge on any atom is -0.492 e. The highest BCUT2D eigenvalue weighted by Gasteiger charge is 2.11. The molecule has 0 aromatic heterocycles. The lowest BCUT2D eigenvalue weighted by Crippen LogP contribution is -2.13. The summed E-state index contributed by atoms with van der Waals surface area (Å²) in [5.41, 5.74) is 0. The molecule has 0 saturated heterocycles. The van der Waals surface area contributed by atoms with Crippen molar-refractivity contribution in [3.8, 4) is 5.75 Å². The standard InChI is InChI=1S/C12H14Br2ClFO/c1-2-3-8(6-13)7-17-12-5-11(16)10(15)4-9(12)14/h4-5,8H,2-3,6-7H2,1H3. The van der Waals surface area contributed by atoms with Gasteiger partial charge in [0, 0.05) is 17.3 Å². The summed E-state index contributed by atoms with van der Waals surface area (Å²) in [6.07, 6.45) is 2.19. The molecule has 17 heavy (non-hydrogen) atoms. The first kappa shape index (κ1) is 15.3. The summed E-state index contributed by atoms with van der Waals surface area (Å²) in [4.78, 5) is 0. The van der Waals surface area contributed by atoms with E-state index in [0.29, 0.717) is 22.7 Å². The second-order valence-electron chi connectivity index (χ2n) is 3.82. The highest BCUT2D eigenvalue weighted by atomic mass is 79.9. The first-order valence-corrected chi connectivity index (χ1v) is 7.71. The van der Waals surface area contributed by atoms with Crippen LogP contribution in [-0.2, 0) is 0 Å². The van der Waals surface area contributed by atoms with Gasteiger partial charge in [-0.05, 0) is 28.4 Å². The average molecular weight is 389 g/mol. The van der Waals surface area contributed by atoms with Gasteiger partial charge in [-0.1, -0.05) is 40.9 Å². The molecule has 0 aliphatic rings. The number of hydrogen-bond acceptors (Lipinski definition) is 1. The predicted molar refractivity (Wildman–Crippen MR) is 76.8 cm³/mol. The fourth-order valence-electron chi connectivity index (χ4n) is 1.44. The first-order chi connectivity index (χ1) is 8.08. The van der Waals surface area contributed by atoms with Crippen molar-refractivity contribution in [3.63, 3.8) is 0 Å². The van der Waals surface area contributed by atoms with Crippen LogP contribution in [0.25, 0.3) is 0 Å². The molecule has 0 aliphatic heterocycles. The van der Waals surface area contributed by atoms with Crippen LogP contribution in [0.15, 0.2) is 16.6 Å². The zero-order valence-corrected chi connectivity index (χ0v) is 13.4. The molecule has 1 atom stereocenters. The first-order valence-electron chi connectivity index (χ1n) is 5.41. The largest absolute Gasteiger partial charge is 0.492 e. The van der Waals surface area contributed by atoms with E-state index in [-0.39, 0.29) is 5.02 Å². The topological polar surface area (TPSA) is 9.23 Å². The van der Waals surface area contributed by atoms with Crippen LogP contribution in [0.5, 0.6) is 5.75 Å². The van der Waals surface area contributed by atoms with Crippen LogP contribution in [0.4, 0.5) is 4.39 Å². The van der Waals surface area contributed by atoms with Crippen molar-refractivity contribution < 1.29 is 9.13 Å². The molecule has 5 heteroatoms. The molecule has 0 radical (unpaired) electrons. The Labute approximate surface area is 123 Å². The Balaban J connectivity index is 2.65. The van der Waals surface area contributed by atoms with Crippen molar-refractivity contribution in [3.05, 3.63) is 27.4 Å². The van der Waals surface area contributed by atoms with Crippen LogP contribution in [0.3, 0.4) is 0 Å². The minimum atomic E-state index is -0.462. The number of halogens is 4. The van der Waals surface area contributed by atoms with Crippen LogP contribution in [0.1, 0.15) is 19.8 Å². The molecule has 96 valence electrons. The van der Waals surface area contributed by atoms with Crippen molar-refractivity contribution in [2.45, 2.75) is 19.8 Å². The summed E-state index contributed by atoms with van der Waals surface area (Å²) >= 11 is 12.4. The van der Waals surface area contributed by atoms with Gasteiger partial charge >= 0.3 is 0 Å². The smallest absolute Gasteiger partial charge is 0.145 e. The fraction of sp³-hybridized carbons (Fsp3) is 0.500. The molecule has 0 heterocycles. The second kappa shape index (κ2) is 7.59. The quantitative estimate of drug-likeness (QED) is 0.466. The third-order valence-corrected chi connectivity index (χ3v) is 4.19. The van der Waals surface area contributed by atoms with Crippen molar-refractivity contribution in [1.29, 1.82) is 0 Å². The van der Waals surface area contributed by atoms with Crippen molar-refractivity contribution in [1.82, 2.24) is 0 Å². The third-order valence-electron chi connectivity index (χ3n) is 2.36. The average Bonchev–Trinajstić information content (AvgIpc) is 2.30. The van der Waals surface area contributed by atoms with E-state index in [0.717, 1.165) is 18.2 Å². The van der Waals surface area contributed by atoms with Crippen LogP contribution in [0, 0.1) is 11.7 Å². The van der Waals surface area contributed by atoms with Gasteiger partial charge in [-0.15, -0.1) is 0 Å². The Hall–Kier alpha value is 0.200. The SMILES string of the molecule is CCCC(CBr)COc1cc(F)c(Cl)cc1Br. The molecule has 1 nitrogen and oxygen atoms in total. The minimum absolute atomic E-state index is 0.0924. The molecule has 0 aliphatic carbocycles. The van der Waals surface area contributed by atoms with Crippen molar-refractivity contribution >= 4 is 43.5 Å². The van der Waals surface area contributed by atoms with Gasteiger partial charge in [-0.2, -0.15) is 0 Å². The molecule has 1 aromatic rings. The van der Waals surface area contributed by atoms with Gasteiger partial charge in [-0.25, -0.2) is 4.39 Å². The molecule has 1 rings (SSSR count). The van der Waals surface area contributed by atoms with E-state index in [2.05, 4.69) is 38.8 Å². The van der Waals surface area contributed by atoms with E-state index in [9.17, 15) is 4.39 Å². The van der Waals surface area contributed by atoms with Crippen LogP contribution >= 0.6 is 43.5 Å². The Bertz CT molecular complexity index is 374. The summed E-state index contributed by atoms with van der Waals surface area (Å²) in [6.45, 7) is 2.70. The normalized spacial score (nSPS) is 12.5. The Morgan fingerprint density at radius 3 is 2.76 bits per heavy atom. The van der Waals surface area contributed by atoms with Gasteiger partial charge in [0.25, 0.3) is 0 Å². The number of ether oxygens (including phenoxy) is 1. The lowest BCUT2D eigenvalue weighted by Gasteiger charge is -2.15. The summed E-state index contributed by atoms with van der Waals surface area (Å²) in [6, 6.07) is 2.82.